The van der Waals surface area contributed by atoms with Gasteiger partial charge in [0.2, 0.25) is 5.62 Å². The summed E-state index contributed by atoms with van der Waals surface area (Å²) in [5.41, 5.74) is 2.47. The Morgan fingerprint density at radius 2 is 1.80 bits per heavy atom. The van der Waals surface area contributed by atoms with E-state index in [-0.39, 0.29) is 0 Å². The molecule has 0 amide bonds. The van der Waals surface area contributed by atoms with Gasteiger partial charge in [-0.3, -0.25) is 5.41 Å². The Hall–Kier alpha value is -2.31. The zero-order valence-electron chi connectivity index (χ0n) is 14.3. The third-order valence-electron chi connectivity index (χ3n) is 5.20. The molecule has 0 bridgehead atoms. The van der Waals surface area contributed by atoms with Crippen LogP contribution in [-0.4, -0.2) is 33.9 Å². The van der Waals surface area contributed by atoms with E-state index in [1.807, 2.05) is 22.8 Å². The first-order chi connectivity index (χ1) is 12.2. The Kier molecular flexibility index (Phi) is 4.46. The molecule has 0 saturated carbocycles. The summed E-state index contributed by atoms with van der Waals surface area (Å²) in [6.07, 6.45) is 3.43. The number of furan rings is 1. The molecule has 3 heterocycles. The first kappa shape index (κ1) is 16.2. The quantitative estimate of drug-likeness (QED) is 0.624. The van der Waals surface area contributed by atoms with Crippen LogP contribution in [-0.2, 0) is 13.1 Å². The highest BCUT2D eigenvalue weighted by Crippen LogP contribution is 2.18. The van der Waals surface area contributed by atoms with Gasteiger partial charge < -0.3 is 23.6 Å². The van der Waals surface area contributed by atoms with Crippen molar-refractivity contribution in [2.45, 2.75) is 32.0 Å². The highest BCUT2D eigenvalue weighted by molar-refractivity contribution is 5.75. The van der Waals surface area contributed by atoms with E-state index < -0.39 is 6.10 Å². The molecule has 1 unspecified atom stereocenters. The number of aromatic nitrogens is 2. The molecule has 1 aliphatic heterocycles. The van der Waals surface area contributed by atoms with Crippen molar-refractivity contribution < 1.29 is 14.4 Å². The molecule has 4 rings (SSSR count). The minimum atomic E-state index is -0.757. The number of benzene rings is 1. The smallest absolute Gasteiger partial charge is 0.203 e. The first-order valence-corrected chi connectivity index (χ1v) is 9.02. The van der Waals surface area contributed by atoms with Gasteiger partial charge in [0.05, 0.1) is 50.0 Å². The first-order valence-electron chi connectivity index (χ1n) is 9.02. The number of quaternary nitrogens is 1. The molecule has 0 spiro atoms. The fraction of sp³-hybridized carbons (Fsp3) is 0.421. The topological polar surface area (TPSA) is 71.5 Å². The number of fused-ring (bicyclic) bond motifs is 1. The Labute approximate surface area is 146 Å². The van der Waals surface area contributed by atoms with Gasteiger partial charge in [-0.15, -0.1) is 0 Å². The predicted molar refractivity (Wildman–Crippen MR) is 94.2 cm³/mol. The standard InChI is InChI=1S/C19H24N4O2/c20-19-22(12-11-21-9-3-4-10-21)15-6-1-2-7-16(15)23(19)14-17(24)18-8-5-13-25-18/h1-2,5-8,13,17,20,24H,3-4,9-12,14H2/p+1. The van der Waals surface area contributed by atoms with E-state index in [2.05, 4.69) is 10.6 Å². The molecule has 1 atom stereocenters. The van der Waals surface area contributed by atoms with Gasteiger partial charge in [-0.2, -0.15) is 0 Å². The predicted octanol–water partition coefficient (Wildman–Crippen LogP) is 0.928. The Bertz CT molecular complexity index is 888. The van der Waals surface area contributed by atoms with Crippen molar-refractivity contribution in [2.24, 2.45) is 0 Å². The number of aliphatic hydroxyl groups excluding tert-OH is 1. The summed E-state index contributed by atoms with van der Waals surface area (Å²) in [4.78, 5) is 1.62. The lowest BCUT2D eigenvalue weighted by molar-refractivity contribution is -0.888. The largest absolute Gasteiger partial charge is 0.467 e. The Morgan fingerprint density at radius 1 is 1.08 bits per heavy atom. The molecule has 1 saturated heterocycles. The van der Waals surface area contributed by atoms with Crippen LogP contribution in [0.1, 0.15) is 24.7 Å². The summed E-state index contributed by atoms with van der Waals surface area (Å²) >= 11 is 0. The second-order valence-electron chi connectivity index (χ2n) is 6.81. The zero-order chi connectivity index (χ0) is 17.2. The molecule has 1 fully saturated rings. The molecule has 6 heteroatoms. The number of nitrogens with zero attached hydrogens (tertiary/aromatic N) is 2. The lowest BCUT2D eigenvalue weighted by Gasteiger charge is -2.13. The van der Waals surface area contributed by atoms with Crippen molar-refractivity contribution in [3.63, 3.8) is 0 Å². The second-order valence-corrected chi connectivity index (χ2v) is 6.81. The van der Waals surface area contributed by atoms with Gasteiger partial charge in [-0.05, 0) is 24.3 Å². The second kappa shape index (κ2) is 6.90. The van der Waals surface area contributed by atoms with Crippen LogP contribution in [0.15, 0.2) is 47.1 Å². The fourth-order valence-corrected chi connectivity index (χ4v) is 3.84. The SMILES string of the molecule is N=c1n(CC[NH+]2CCCC2)c2ccccc2n1CC(O)c1ccco1. The van der Waals surface area contributed by atoms with Crippen LogP contribution in [0.4, 0.5) is 0 Å². The maximum absolute atomic E-state index is 10.4. The van der Waals surface area contributed by atoms with Crippen molar-refractivity contribution in [1.82, 2.24) is 9.13 Å². The summed E-state index contributed by atoms with van der Waals surface area (Å²) in [5.74, 6) is 0.533. The fourth-order valence-electron chi connectivity index (χ4n) is 3.84. The van der Waals surface area contributed by atoms with E-state index in [1.54, 1.807) is 23.3 Å². The van der Waals surface area contributed by atoms with Gasteiger partial charge in [-0.25, -0.2) is 0 Å². The number of imidazole rings is 1. The third-order valence-corrected chi connectivity index (χ3v) is 5.20. The number of rotatable bonds is 6. The maximum Gasteiger partial charge on any atom is 0.203 e. The van der Waals surface area contributed by atoms with E-state index in [0.29, 0.717) is 17.9 Å². The minimum absolute atomic E-state index is 0.316. The van der Waals surface area contributed by atoms with E-state index in [1.165, 1.54) is 25.9 Å². The molecule has 3 aromatic rings. The molecule has 6 nitrogen and oxygen atoms in total. The van der Waals surface area contributed by atoms with Gasteiger partial charge in [-0.1, -0.05) is 12.1 Å². The Morgan fingerprint density at radius 3 is 2.48 bits per heavy atom. The van der Waals surface area contributed by atoms with Crippen LogP contribution in [0, 0.1) is 5.41 Å². The highest BCUT2D eigenvalue weighted by Gasteiger charge is 2.19. The van der Waals surface area contributed by atoms with E-state index in [9.17, 15) is 5.11 Å². The number of likely N-dealkylation sites (tertiary alicyclic amines) is 1. The zero-order valence-corrected chi connectivity index (χ0v) is 14.3. The minimum Gasteiger partial charge on any atom is -0.467 e. The van der Waals surface area contributed by atoms with Gasteiger partial charge in [0.25, 0.3) is 0 Å². The van der Waals surface area contributed by atoms with Crippen molar-refractivity contribution in [1.29, 1.82) is 5.41 Å². The van der Waals surface area contributed by atoms with Crippen LogP contribution in [0.5, 0.6) is 0 Å². The monoisotopic (exact) mass is 341 g/mol. The average molecular weight is 341 g/mol. The van der Waals surface area contributed by atoms with Crippen molar-refractivity contribution >= 4 is 11.0 Å². The third kappa shape index (κ3) is 3.15. The van der Waals surface area contributed by atoms with E-state index >= 15 is 0 Å². The highest BCUT2D eigenvalue weighted by atomic mass is 16.4. The van der Waals surface area contributed by atoms with Crippen molar-refractivity contribution in [2.75, 3.05) is 19.6 Å². The number of nitrogens with one attached hydrogen (secondary N) is 2. The maximum atomic E-state index is 10.4. The summed E-state index contributed by atoms with van der Waals surface area (Å²) < 4.78 is 9.25. The normalized spacial score (nSPS) is 16.7. The number of para-hydroxylation sites is 2. The molecule has 1 aromatic carbocycles. The van der Waals surface area contributed by atoms with Gasteiger partial charge in [0.1, 0.15) is 11.9 Å². The molecule has 1 aliphatic rings. The summed E-state index contributed by atoms with van der Waals surface area (Å²) in [5, 5.41) is 19.1. The lowest BCUT2D eigenvalue weighted by atomic mass is 10.2. The number of hydrogen-bond acceptors (Lipinski definition) is 3. The summed E-state index contributed by atoms with van der Waals surface area (Å²) in [6.45, 7) is 4.67. The average Bonchev–Trinajstić information content (AvgIpc) is 3.36. The molecule has 0 radical (unpaired) electrons. The van der Waals surface area contributed by atoms with E-state index in [0.717, 1.165) is 24.1 Å². The summed E-state index contributed by atoms with van der Waals surface area (Å²) in [7, 11) is 0. The molecular formula is C19H25N4O2+. The van der Waals surface area contributed by atoms with Crippen LogP contribution >= 0.6 is 0 Å². The van der Waals surface area contributed by atoms with Crippen LogP contribution in [0.2, 0.25) is 0 Å². The van der Waals surface area contributed by atoms with Gasteiger partial charge in [0, 0.05) is 12.8 Å². The molecule has 25 heavy (non-hydrogen) atoms. The van der Waals surface area contributed by atoms with Crippen molar-refractivity contribution in [3.8, 4) is 0 Å². The summed E-state index contributed by atoms with van der Waals surface area (Å²) in [6, 6.07) is 11.6. The van der Waals surface area contributed by atoms with Gasteiger partial charge in [0.15, 0.2) is 0 Å². The number of aliphatic hydroxyl groups is 1. The van der Waals surface area contributed by atoms with Crippen LogP contribution < -0.4 is 10.5 Å². The van der Waals surface area contributed by atoms with Crippen molar-refractivity contribution in [3.05, 3.63) is 54.0 Å². The Balaban J connectivity index is 1.64. The molecular weight excluding hydrogens is 316 g/mol. The van der Waals surface area contributed by atoms with Gasteiger partial charge >= 0.3 is 0 Å². The van der Waals surface area contributed by atoms with Crippen LogP contribution in [0.3, 0.4) is 0 Å². The molecule has 0 aliphatic carbocycles. The lowest BCUT2D eigenvalue weighted by Crippen LogP contribution is -3.10. The molecule has 3 N–H and O–H groups in total. The van der Waals surface area contributed by atoms with E-state index in [4.69, 9.17) is 9.83 Å². The van der Waals surface area contributed by atoms with Crippen LogP contribution in [0.25, 0.3) is 11.0 Å². The molecule has 2 aromatic heterocycles. The molecule has 132 valence electrons. The number of hydrogen-bond donors (Lipinski definition) is 3.